The Balaban J connectivity index is 1.28. The van der Waals surface area contributed by atoms with Gasteiger partial charge in [-0.3, -0.25) is 4.79 Å². The van der Waals surface area contributed by atoms with Crippen LogP contribution >= 0.6 is 11.3 Å². The fourth-order valence-electron chi connectivity index (χ4n) is 4.94. The number of carboxylic acids is 1. The Bertz CT molecular complexity index is 1520. The number of benzene rings is 1. The van der Waals surface area contributed by atoms with Crippen molar-refractivity contribution in [2.75, 3.05) is 30.7 Å². The van der Waals surface area contributed by atoms with Crippen LogP contribution in [0.25, 0.3) is 10.8 Å². The van der Waals surface area contributed by atoms with E-state index in [1.807, 2.05) is 32.0 Å². The summed E-state index contributed by atoms with van der Waals surface area (Å²) in [5, 5.41) is 30.1. The number of carbonyl (C=O) groups is 2. The number of ether oxygens (including phenoxy) is 1. The molecular formula is C28H34N8O5S. The van der Waals surface area contributed by atoms with Gasteiger partial charge in [-0.15, -0.1) is 11.3 Å². The van der Waals surface area contributed by atoms with E-state index in [2.05, 4.69) is 43.0 Å². The lowest BCUT2D eigenvalue weighted by Gasteiger charge is -2.48. The second-order valence-corrected chi connectivity index (χ2v) is 11.6. The molecule has 2 saturated heterocycles. The molecule has 1 aromatic carbocycles. The van der Waals surface area contributed by atoms with E-state index in [1.165, 1.54) is 0 Å². The highest BCUT2D eigenvalue weighted by molar-refractivity contribution is 7.13. The SMILES string of the molecule is C=C1NC(C)(C)[C@@H]1NC(=O)/C(=N\OC(COc1ccc2c(NC3CCNCC3)nccc2c1)C(=O)O)c1csc(N)n1. The lowest BCUT2D eigenvalue weighted by atomic mass is 9.83. The average Bonchev–Trinajstić information content (AvgIpc) is 3.39. The largest absolute Gasteiger partial charge is 0.489 e. The summed E-state index contributed by atoms with van der Waals surface area (Å²) >= 11 is 1.12. The summed E-state index contributed by atoms with van der Waals surface area (Å²) in [5.41, 5.74) is 5.93. The molecule has 2 fully saturated rings. The highest BCUT2D eigenvalue weighted by Crippen LogP contribution is 2.28. The van der Waals surface area contributed by atoms with Crippen molar-refractivity contribution in [3.63, 3.8) is 0 Å². The molecule has 2 aliphatic rings. The summed E-state index contributed by atoms with van der Waals surface area (Å²) in [7, 11) is 0. The van der Waals surface area contributed by atoms with E-state index in [4.69, 9.17) is 15.3 Å². The van der Waals surface area contributed by atoms with Gasteiger partial charge in [-0.2, -0.15) is 0 Å². The predicted octanol–water partition coefficient (Wildman–Crippen LogP) is 2.07. The fourth-order valence-corrected chi connectivity index (χ4v) is 5.49. The van der Waals surface area contributed by atoms with Gasteiger partial charge in [0.25, 0.3) is 12.0 Å². The number of nitrogen functional groups attached to an aromatic ring is 1. The summed E-state index contributed by atoms with van der Waals surface area (Å²) in [6.07, 6.45) is 2.25. The molecule has 222 valence electrons. The van der Waals surface area contributed by atoms with Crippen molar-refractivity contribution in [1.29, 1.82) is 0 Å². The second-order valence-electron chi connectivity index (χ2n) is 10.7. The topological polar surface area (TPSA) is 185 Å². The highest BCUT2D eigenvalue weighted by Gasteiger charge is 2.43. The van der Waals surface area contributed by atoms with E-state index in [9.17, 15) is 14.7 Å². The van der Waals surface area contributed by atoms with Crippen molar-refractivity contribution in [2.24, 2.45) is 5.16 Å². The van der Waals surface area contributed by atoms with Crippen LogP contribution in [0.15, 0.2) is 53.3 Å². The first kappa shape index (κ1) is 29.1. The van der Waals surface area contributed by atoms with E-state index in [-0.39, 0.29) is 29.2 Å². The van der Waals surface area contributed by atoms with Crippen molar-refractivity contribution in [3.8, 4) is 5.75 Å². The van der Waals surface area contributed by atoms with Gasteiger partial charge in [-0.1, -0.05) is 11.7 Å². The van der Waals surface area contributed by atoms with Gasteiger partial charge < -0.3 is 41.7 Å². The van der Waals surface area contributed by atoms with Crippen LogP contribution in [-0.4, -0.2) is 76.1 Å². The van der Waals surface area contributed by atoms with Crippen LogP contribution in [0, 0.1) is 0 Å². The molecule has 3 aromatic rings. The second kappa shape index (κ2) is 12.2. The zero-order chi connectivity index (χ0) is 29.9. The van der Waals surface area contributed by atoms with Crippen molar-refractivity contribution in [3.05, 3.63) is 53.8 Å². The van der Waals surface area contributed by atoms with Crippen LogP contribution in [0.1, 0.15) is 32.4 Å². The molecule has 2 aliphatic heterocycles. The Morgan fingerprint density at radius 2 is 2.10 bits per heavy atom. The van der Waals surface area contributed by atoms with Crippen LogP contribution in [-0.2, 0) is 14.4 Å². The number of thiazole rings is 1. The Morgan fingerprint density at radius 1 is 1.31 bits per heavy atom. The molecule has 42 heavy (non-hydrogen) atoms. The van der Waals surface area contributed by atoms with Crippen molar-refractivity contribution in [2.45, 2.75) is 50.4 Å². The Hall–Kier alpha value is -4.43. The van der Waals surface area contributed by atoms with Gasteiger partial charge >= 0.3 is 5.97 Å². The molecule has 1 amide bonds. The first-order valence-corrected chi connectivity index (χ1v) is 14.4. The molecule has 4 heterocycles. The third-order valence-corrected chi connectivity index (χ3v) is 7.85. The molecular weight excluding hydrogens is 560 g/mol. The van der Waals surface area contributed by atoms with Gasteiger partial charge in [0.1, 0.15) is 23.9 Å². The number of hydrogen-bond acceptors (Lipinski definition) is 12. The maximum absolute atomic E-state index is 13.2. The smallest absolute Gasteiger partial charge is 0.351 e. The van der Waals surface area contributed by atoms with Gasteiger partial charge in [0.2, 0.25) is 0 Å². The molecule has 1 unspecified atom stereocenters. The molecule has 13 nitrogen and oxygen atoms in total. The molecule has 5 rings (SSSR count). The van der Waals surface area contributed by atoms with Crippen LogP contribution in [0.3, 0.4) is 0 Å². The van der Waals surface area contributed by atoms with Gasteiger partial charge in [0.05, 0.1) is 11.6 Å². The molecule has 2 aromatic heterocycles. The van der Waals surface area contributed by atoms with Crippen LogP contribution in [0.4, 0.5) is 10.9 Å². The number of carbonyl (C=O) groups excluding carboxylic acids is 1. The summed E-state index contributed by atoms with van der Waals surface area (Å²) in [6.45, 7) is 9.28. The summed E-state index contributed by atoms with van der Waals surface area (Å²) in [6, 6.07) is 7.28. The fraction of sp³-hybridized carbons (Fsp3) is 0.393. The standard InChI is InChI=1S/C28H34N8O5S/c1-15-23(28(2,3)35-15)34-25(37)22(20-14-42-27(29)33-20)36-41-21(26(38)39)13-40-18-4-5-19-16(12-18)6-11-31-24(19)32-17-7-9-30-10-8-17/h4-6,11-12,14,17,21,23,30,35H,1,7-10,13H2,2-3H3,(H2,29,33)(H,31,32)(H,34,37)(H,38,39)/b36-22-/t21?,23-/m1/s1. The van der Waals surface area contributed by atoms with Crippen LogP contribution in [0.5, 0.6) is 5.75 Å². The number of hydrogen-bond donors (Lipinski definition) is 6. The van der Waals surface area contributed by atoms with E-state index >= 15 is 0 Å². The minimum absolute atomic E-state index is 0.160. The van der Waals surface area contributed by atoms with Gasteiger partial charge in [0, 0.05) is 28.7 Å². The molecule has 0 bridgehead atoms. The predicted molar refractivity (Wildman–Crippen MR) is 161 cm³/mol. The number of oxime groups is 1. The van der Waals surface area contributed by atoms with Crippen LogP contribution in [0.2, 0.25) is 0 Å². The Morgan fingerprint density at radius 3 is 2.76 bits per heavy atom. The number of carboxylic acid groups (broad SMARTS) is 1. The molecule has 0 radical (unpaired) electrons. The summed E-state index contributed by atoms with van der Waals surface area (Å²) in [4.78, 5) is 39.1. The minimum atomic E-state index is -1.51. The summed E-state index contributed by atoms with van der Waals surface area (Å²) in [5.74, 6) is -0.676. The zero-order valence-corrected chi connectivity index (χ0v) is 24.2. The van der Waals surface area contributed by atoms with Gasteiger partial charge in [0.15, 0.2) is 10.8 Å². The first-order chi connectivity index (χ1) is 20.1. The quantitative estimate of drug-likeness (QED) is 0.141. The van der Waals surface area contributed by atoms with E-state index in [0.717, 1.165) is 53.9 Å². The van der Waals surface area contributed by atoms with Crippen molar-refractivity contribution < 1.29 is 24.3 Å². The lowest BCUT2D eigenvalue weighted by Crippen LogP contribution is -2.69. The number of rotatable bonds is 11. The number of nitrogens with two attached hydrogens (primary N) is 1. The number of nitrogens with one attached hydrogen (secondary N) is 4. The number of anilines is 2. The molecule has 0 spiro atoms. The van der Waals surface area contributed by atoms with Gasteiger partial charge in [-0.05, 0) is 69.4 Å². The lowest BCUT2D eigenvalue weighted by molar-refractivity contribution is -0.152. The van der Waals surface area contributed by atoms with E-state index < -0.39 is 23.5 Å². The third kappa shape index (κ3) is 6.55. The van der Waals surface area contributed by atoms with E-state index in [0.29, 0.717) is 17.5 Å². The number of fused-ring (bicyclic) bond motifs is 1. The number of piperidine rings is 1. The summed E-state index contributed by atoms with van der Waals surface area (Å²) < 4.78 is 5.78. The normalized spacial score (nSPS) is 19.3. The van der Waals surface area contributed by atoms with Crippen molar-refractivity contribution >= 4 is 50.6 Å². The highest BCUT2D eigenvalue weighted by atomic mass is 32.1. The third-order valence-electron chi connectivity index (χ3n) is 7.17. The maximum atomic E-state index is 13.2. The monoisotopic (exact) mass is 594 g/mol. The molecule has 0 saturated carbocycles. The number of aromatic nitrogens is 2. The minimum Gasteiger partial charge on any atom is -0.489 e. The number of pyridine rings is 1. The van der Waals surface area contributed by atoms with Crippen molar-refractivity contribution in [1.82, 2.24) is 25.9 Å². The molecule has 0 aliphatic carbocycles. The number of aliphatic carboxylic acids is 1. The Kier molecular flexibility index (Phi) is 8.45. The van der Waals surface area contributed by atoms with Gasteiger partial charge in [-0.25, -0.2) is 14.8 Å². The zero-order valence-electron chi connectivity index (χ0n) is 23.3. The van der Waals surface area contributed by atoms with Crippen LogP contribution < -0.4 is 31.7 Å². The number of amides is 1. The Labute approximate surface area is 246 Å². The molecule has 7 N–H and O–H groups in total. The molecule has 2 atom stereocenters. The average molecular weight is 595 g/mol. The first-order valence-electron chi connectivity index (χ1n) is 13.6. The molecule has 14 heteroatoms. The van der Waals surface area contributed by atoms with E-state index in [1.54, 1.807) is 17.6 Å². The maximum Gasteiger partial charge on any atom is 0.351 e. The number of nitrogens with zero attached hydrogens (tertiary/aromatic N) is 3.